The van der Waals surface area contributed by atoms with E-state index in [4.69, 9.17) is 36.5 Å². The first-order valence-corrected chi connectivity index (χ1v) is 10.3. The first-order valence-electron chi connectivity index (χ1n) is 9.14. The molecule has 0 bridgehead atoms. The van der Waals surface area contributed by atoms with E-state index in [2.05, 4.69) is 25.3 Å². The molecule has 3 rings (SSSR count). The van der Waals surface area contributed by atoms with E-state index in [1.165, 1.54) is 0 Å². The van der Waals surface area contributed by atoms with Crippen LogP contribution in [0, 0.1) is 0 Å². The Morgan fingerprint density at radius 3 is 2.44 bits per heavy atom. The number of nitrogens with two attached hydrogens (primary N) is 1. The van der Waals surface area contributed by atoms with E-state index >= 15 is 0 Å². The normalized spacial score (nSPS) is 23.2. The highest BCUT2D eigenvalue weighted by molar-refractivity contribution is 7.87. The fraction of sp³-hybridized carbons (Fsp3) is 0.500. The Balaban J connectivity index is 1.86. The van der Waals surface area contributed by atoms with E-state index in [1.54, 1.807) is 5.48 Å². The molecule has 1 saturated heterocycles. The van der Waals surface area contributed by atoms with Crippen LogP contribution in [0.1, 0.15) is 18.5 Å². The second kappa shape index (κ2) is 8.91. The van der Waals surface area contributed by atoms with E-state index in [-0.39, 0.29) is 23.6 Å². The number of aliphatic hydroxyl groups is 1. The molecule has 11 nitrogen and oxygen atoms in total. The molecule has 20 heteroatoms. The number of rotatable bonds is 6. The van der Waals surface area contributed by atoms with Crippen molar-refractivity contribution in [3.63, 3.8) is 0 Å². The molecule has 1 aliphatic carbocycles. The molecule has 0 saturated carbocycles. The third-order valence-corrected chi connectivity index (χ3v) is 6.24. The van der Waals surface area contributed by atoms with Gasteiger partial charge in [0.2, 0.25) is 5.82 Å². The number of hydrogen-bond acceptors (Lipinski definition) is 10. The third kappa shape index (κ3) is 4.26. The summed E-state index contributed by atoms with van der Waals surface area (Å²) < 4.78 is 69.2. The van der Waals surface area contributed by atoms with Crippen LogP contribution < -0.4 is 15.9 Å². The van der Waals surface area contributed by atoms with Gasteiger partial charge >= 0.3 is 6.18 Å². The van der Waals surface area contributed by atoms with E-state index in [9.17, 15) is 32.4 Å². The topological polar surface area (TPSA) is 168 Å². The summed E-state index contributed by atoms with van der Waals surface area (Å²) in [5.74, 6) is -2.21. The molecule has 34 heavy (non-hydrogen) atoms. The summed E-state index contributed by atoms with van der Waals surface area (Å²) in [5.41, 5.74) is -2.87. The average Bonchev–Trinajstić information content (AvgIpc) is 3.17. The number of alkyl halides is 3. The van der Waals surface area contributed by atoms with Crippen LogP contribution in [0.4, 0.5) is 23.4 Å². The Labute approximate surface area is 198 Å². The Kier molecular flexibility index (Phi) is 6.97. The maximum absolute atomic E-state index is 13.6. The van der Waals surface area contributed by atoms with Crippen LogP contribution in [0.5, 0.6) is 0 Å². The number of anilines is 1. The molecule has 0 amide bonds. The lowest BCUT2D eigenvalue weighted by molar-refractivity contribution is -0.129. The number of nitrogens with zero attached hydrogens (tertiary/aromatic N) is 4. The van der Waals surface area contributed by atoms with Crippen LogP contribution in [0.25, 0.3) is 0 Å². The molecule has 1 aromatic rings. The van der Waals surface area contributed by atoms with Gasteiger partial charge < -0.3 is 15.0 Å². The summed E-state index contributed by atoms with van der Waals surface area (Å²) in [6, 6.07) is 0. The Bertz CT molecular complexity index is 1030. The van der Waals surface area contributed by atoms with Crippen molar-refractivity contribution in [2.75, 3.05) is 11.9 Å². The molecular formula is C14H13B4F4N7O4S. The molecule has 1 fully saturated rings. The van der Waals surface area contributed by atoms with Gasteiger partial charge in [-0.25, -0.2) is 14.0 Å². The zero-order valence-corrected chi connectivity index (χ0v) is 17.8. The fourth-order valence-electron chi connectivity index (χ4n) is 3.45. The predicted molar refractivity (Wildman–Crippen MR) is 113 cm³/mol. The Hall–Kier alpha value is -1.98. The maximum atomic E-state index is 13.6. The minimum absolute atomic E-state index is 0.220. The maximum Gasteiger partial charge on any atom is 0.418 e. The van der Waals surface area contributed by atoms with Crippen molar-refractivity contribution in [1.29, 1.82) is 0 Å². The van der Waals surface area contributed by atoms with E-state index in [1.807, 2.05) is 0 Å². The van der Waals surface area contributed by atoms with E-state index in [0.29, 0.717) is 10.4 Å². The Morgan fingerprint density at radius 2 is 1.91 bits per heavy atom. The smallest absolute Gasteiger partial charge is 0.418 e. The molecule has 2 aliphatic rings. The number of halogens is 4. The van der Waals surface area contributed by atoms with Gasteiger partial charge in [-0.1, -0.05) is 0 Å². The van der Waals surface area contributed by atoms with Crippen molar-refractivity contribution in [2.24, 2.45) is 10.1 Å². The highest BCUT2D eigenvalue weighted by Crippen LogP contribution is 2.48. The van der Waals surface area contributed by atoms with Crippen molar-refractivity contribution >= 4 is 54.6 Å². The lowest BCUT2D eigenvalue weighted by Crippen LogP contribution is -2.95. The number of allylic oxidation sites excluding steroid dienone is 4. The predicted octanol–water partition coefficient (Wildman–Crippen LogP) is -1.76. The number of hydrogen-bond donors (Lipinski definition) is 5. The molecule has 1 atom stereocenters. The van der Waals surface area contributed by atoms with Crippen molar-refractivity contribution in [3.8, 4) is 0 Å². The van der Waals surface area contributed by atoms with Gasteiger partial charge in [0.05, 0.1) is 42.6 Å². The summed E-state index contributed by atoms with van der Waals surface area (Å²) in [6.45, 7) is -0.657. The standard InChI is InChI=1S/C14H13B4F4N7O4S/c15-13(16)11(30,14(17,18)29(13)34(23)32)4-24-9-8(27-33-28-9)10(26-31)25-5-1-2-7(19)6(3-5)12(20,21)22/h3,30-31H,1-2,4,23H2,(H,24,28)(H,25,26). The molecule has 0 spiro atoms. The van der Waals surface area contributed by atoms with Crippen LogP contribution in [0.15, 0.2) is 32.8 Å². The quantitative estimate of drug-likeness (QED) is 0.0762. The van der Waals surface area contributed by atoms with E-state index < -0.39 is 64.2 Å². The van der Waals surface area contributed by atoms with Crippen molar-refractivity contribution in [2.45, 2.75) is 35.3 Å². The fourth-order valence-corrected chi connectivity index (χ4v) is 4.35. The lowest BCUT2D eigenvalue weighted by Gasteiger charge is -2.70. The van der Waals surface area contributed by atoms with Crippen LogP contribution in [0.3, 0.4) is 0 Å². The first-order chi connectivity index (χ1) is 15.6. The van der Waals surface area contributed by atoms with Gasteiger partial charge in [-0.05, 0) is 22.8 Å². The van der Waals surface area contributed by atoms with Crippen LogP contribution >= 0.6 is 0 Å². The molecule has 2 heterocycles. The van der Waals surface area contributed by atoms with Gasteiger partial charge in [-0.3, -0.25) is 10.7 Å². The molecule has 1 aliphatic heterocycles. The van der Waals surface area contributed by atoms with Crippen molar-refractivity contribution < 1.29 is 37.1 Å². The summed E-state index contributed by atoms with van der Waals surface area (Å²) in [6.07, 6.45) is -5.26. The SMILES string of the molecule is [B]C1([B])N([S+](N)[O-])C([B])([B])C1(O)CNc1nonc1C(=NC1=CC(C(F)(F)F)=C(F)CC1)NO. The molecular weight excluding hydrogens is 482 g/mol. The molecule has 174 valence electrons. The number of hydroxylamine groups is 1. The number of amidine groups is 1. The van der Waals surface area contributed by atoms with E-state index in [0.717, 1.165) is 0 Å². The Morgan fingerprint density at radius 1 is 1.29 bits per heavy atom. The number of aliphatic imine (C=N–C) groups is 1. The second-order valence-electron chi connectivity index (χ2n) is 7.42. The summed E-state index contributed by atoms with van der Waals surface area (Å²) in [7, 11) is 23.1. The minimum Gasteiger partial charge on any atom is -0.579 e. The zero-order chi connectivity index (χ0) is 25.7. The summed E-state index contributed by atoms with van der Waals surface area (Å²) in [4.78, 5) is 3.81. The van der Waals surface area contributed by atoms with Crippen molar-refractivity contribution in [1.82, 2.24) is 20.1 Å². The minimum atomic E-state index is -4.95. The van der Waals surface area contributed by atoms with Crippen LogP contribution in [0.2, 0.25) is 0 Å². The monoisotopic (exact) mass is 495 g/mol. The molecule has 8 radical (unpaired) electrons. The average molecular weight is 495 g/mol. The molecule has 1 unspecified atom stereocenters. The van der Waals surface area contributed by atoms with Gasteiger partial charge in [-0.15, -0.1) is 9.44 Å². The molecule has 1 aromatic heterocycles. The number of nitrogens with one attached hydrogen (secondary N) is 2. The third-order valence-electron chi connectivity index (χ3n) is 5.27. The molecule has 6 N–H and O–H groups in total. The van der Waals surface area contributed by atoms with Crippen LogP contribution in [-0.4, -0.2) is 95.7 Å². The number of aromatic nitrogens is 2. The molecule has 0 aromatic carbocycles. The van der Waals surface area contributed by atoms with Gasteiger partial charge in [0.25, 0.3) is 0 Å². The van der Waals surface area contributed by atoms with Gasteiger partial charge in [0, 0.05) is 29.3 Å². The second-order valence-corrected chi connectivity index (χ2v) is 8.34. The van der Waals surface area contributed by atoms with Gasteiger partial charge in [0.1, 0.15) is 17.4 Å². The summed E-state index contributed by atoms with van der Waals surface area (Å²) >= 11 is -2.36. The van der Waals surface area contributed by atoms with Crippen LogP contribution in [-0.2, 0) is 11.5 Å². The zero-order valence-electron chi connectivity index (χ0n) is 17.0. The summed E-state index contributed by atoms with van der Waals surface area (Å²) in [5, 5.41) is 30.4. The van der Waals surface area contributed by atoms with Crippen molar-refractivity contribution in [3.05, 3.63) is 28.9 Å². The lowest BCUT2D eigenvalue weighted by atomic mass is 9.31. The van der Waals surface area contributed by atoms with Gasteiger partial charge in [-0.2, -0.15) is 13.2 Å². The van der Waals surface area contributed by atoms with Gasteiger partial charge in [0.15, 0.2) is 11.5 Å². The first kappa shape index (κ1) is 26.6. The highest BCUT2D eigenvalue weighted by Gasteiger charge is 2.72. The largest absolute Gasteiger partial charge is 0.579 e. The highest BCUT2D eigenvalue weighted by atomic mass is 32.2.